The summed E-state index contributed by atoms with van der Waals surface area (Å²) in [6.07, 6.45) is 1.81. The van der Waals surface area contributed by atoms with E-state index in [-0.39, 0.29) is 18.3 Å². The average Bonchev–Trinajstić information content (AvgIpc) is 3.41. The molecule has 0 saturated carbocycles. The summed E-state index contributed by atoms with van der Waals surface area (Å²) in [5.74, 6) is 0.891. The number of carbonyl (C=O) groups is 1. The number of ether oxygens (including phenoxy) is 3. The fourth-order valence-corrected chi connectivity index (χ4v) is 6.39. The maximum absolute atomic E-state index is 14.2. The summed E-state index contributed by atoms with van der Waals surface area (Å²) in [7, 11) is 1.65. The lowest BCUT2D eigenvalue weighted by Crippen LogP contribution is -2.40. The Labute approximate surface area is 248 Å². The third-order valence-electron chi connectivity index (χ3n) is 7.18. The molecule has 42 heavy (non-hydrogen) atoms. The first-order chi connectivity index (χ1) is 20.1. The van der Waals surface area contributed by atoms with Crippen LogP contribution in [0.5, 0.6) is 11.5 Å². The number of rotatable bonds is 8. The zero-order valence-corrected chi connectivity index (χ0v) is 25.7. The first-order valence-corrected chi connectivity index (χ1v) is 14.7. The molecular formula is C33H35N3O5S. The molecule has 0 aliphatic carbocycles. The molecule has 0 amide bonds. The van der Waals surface area contributed by atoms with Crippen LogP contribution >= 0.6 is 11.3 Å². The number of aromatic nitrogens is 2. The number of hydrogen-bond acceptors (Lipinski definition) is 7. The number of benzene rings is 2. The van der Waals surface area contributed by atoms with E-state index in [1.165, 1.54) is 11.3 Å². The topological polar surface area (TPSA) is 84.0 Å². The molecule has 2 aromatic heterocycles. The van der Waals surface area contributed by atoms with Gasteiger partial charge < -0.3 is 18.8 Å². The Bertz CT molecular complexity index is 1860. The van der Waals surface area contributed by atoms with Crippen molar-refractivity contribution in [2.45, 2.75) is 53.7 Å². The zero-order chi connectivity index (χ0) is 30.1. The van der Waals surface area contributed by atoms with Gasteiger partial charge in [0.2, 0.25) is 0 Å². The second-order valence-electron chi connectivity index (χ2n) is 10.4. The average molecular weight is 586 g/mol. The monoisotopic (exact) mass is 585 g/mol. The summed E-state index contributed by atoms with van der Waals surface area (Å²) in [6, 6.07) is 16.7. The Morgan fingerprint density at radius 2 is 1.81 bits per heavy atom. The Balaban J connectivity index is 1.69. The number of thiazole rings is 1. The van der Waals surface area contributed by atoms with Crippen LogP contribution in [0.15, 0.2) is 75.7 Å². The molecular weight excluding hydrogens is 550 g/mol. The van der Waals surface area contributed by atoms with E-state index in [4.69, 9.17) is 19.2 Å². The Kier molecular flexibility index (Phi) is 8.22. The molecule has 5 rings (SSSR count). The Morgan fingerprint density at radius 1 is 1.10 bits per heavy atom. The van der Waals surface area contributed by atoms with Crippen LogP contribution in [0.3, 0.4) is 0 Å². The van der Waals surface area contributed by atoms with E-state index < -0.39 is 12.0 Å². The third kappa shape index (κ3) is 5.32. The molecule has 1 aliphatic heterocycles. The maximum Gasteiger partial charge on any atom is 0.338 e. The van der Waals surface area contributed by atoms with E-state index in [0.29, 0.717) is 31.9 Å². The number of esters is 1. The second-order valence-corrected chi connectivity index (χ2v) is 11.4. The van der Waals surface area contributed by atoms with Crippen molar-refractivity contribution in [2.75, 3.05) is 13.7 Å². The van der Waals surface area contributed by atoms with Crippen molar-refractivity contribution in [3.8, 4) is 17.2 Å². The van der Waals surface area contributed by atoms with Crippen LogP contribution in [-0.4, -0.2) is 34.9 Å². The summed E-state index contributed by atoms with van der Waals surface area (Å²) in [4.78, 5) is 32.7. The highest BCUT2D eigenvalue weighted by molar-refractivity contribution is 7.07. The number of hydrogen-bond donors (Lipinski definition) is 0. The summed E-state index contributed by atoms with van der Waals surface area (Å²) < 4.78 is 21.2. The lowest BCUT2D eigenvalue weighted by atomic mass is 9.95. The van der Waals surface area contributed by atoms with E-state index in [1.54, 1.807) is 25.5 Å². The molecule has 218 valence electrons. The van der Waals surface area contributed by atoms with E-state index in [9.17, 15) is 9.59 Å². The lowest BCUT2D eigenvalue weighted by molar-refractivity contribution is -0.139. The maximum atomic E-state index is 14.2. The van der Waals surface area contributed by atoms with Crippen LogP contribution < -0.4 is 24.4 Å². The van der Waals surface area contributed by atoms with Gasteiger partial charge in [0.05, 0.1) is 35.6 Å². The summed E-state index contributed by atoms with van der Waals surface area (Å²) in [6.45, 7) is 11.7. The van der Waals surface area contributed by atoms with E-state index in [1.807, 2.05) is 82.3 Å². The predicted octanol–water partition coefficient (Wildman–Crippen LogP) is 5.00. The molecule has 2 aromatic carbocycles. The Hall–Kier alpha value is -4.37. The highest BCUT2D eigenvalue weighted by atomic mass is 32.1. The van der Waals surface area contributed by atoms with Gasteiger partial charge >= 0.3 is 5.97 Å². The molecule has 0 unspecified atom stereocenters. The quantitative estimate of drug-likeness (QED) is 0.272. The van der Waals surface area contributed by atoms with Crippen LogP contribution in [0, 0.1) is 13.8 Å². The van der Waals surface area contributed by atoms with Crippen molar-refractivity contribution in [1.82, 2.24) is 9.13 Å². The van der Waals surface area contributed by atoms with Crippen LogP contribution in [0.2, 0.25) is 0 Å². The van der Waals surface area contributed by atoms with Crippen molar-refractivity contribution >= 4 is 23.4 Å². The minimum absolute atomic E-state index is 0.0981. The highest BCUT2D eigenvalue weighted by Gasteiger charge is 2.35. The largest absolute Gasteiger partial charge is 0.497 e. The van der Waals surface area contributed by atoms with Gasteiger partial charge in [-0.25, -0.2) is 9.79 Å². The molecule has 0 radical (unpaired) electrons. The number of carbonyl (C=O) groups excluding carboxylic acids is 1. The fourth-order valence-electron chi connectivity index (χ4n) is 5.36. The summed E-state index contributed by atoms with van der Waals surface area (Å²) in [5.41, 5.74) is 5.28. The van der Waals surface area contributed by atoms with Gasteiger partial charge in [-0.1, -0.05) is 29.5 Å². The van der Waals surface area contributed by atoms with Gasteiger partial charge in [-0.15, -0.1) is 0 Å². The zero-order valence-electron chi connectivity index (χ0n) is 24.9. The molecule has 0 bridgehead atoms. The molecule has 9 heteroatoms. The number of fused-ring (bicyclic) bond motifs is 1. The number of aryl methyl sites for hydroxylation is 1. The molecule has 1 aliphatic rings. The third-order valence-corrected chi connectivity index (χ3v) is 8.16. The SMILES string of the molecule is CCOC(=O)C1=C(C)N=c2s/c(=C/c3cc(C)n(-c4ccc(OC)cc4)c3C)c(=O)n2[C@H]1c1ccccc1OC(C)C. The van der Waals surface area contributed by atoms with Gasteiger partial charge in [-0.05, 0) is 89.6 Å². The molecule has 4 aromatic rings. The minimum atomic E-state index is -0.746. The first-order valence-electron chi connectivity index (χ1n) is 13.9. The normalized spacial score (nSPS) is 15.0. The molecule has 3 heterocycles. The van der Waals surface area contributed by atoms with Crippen molar-refractivity contribution in [1.29, 1.82) is 0 Å². The van der Waals surface area contributed by atoms with Crippen LogP contribution in [-0.2, 0) is 9.53 Å². The predicted molar refractivity (Wildman–Crippen MR) is 164 cm³/mol. The molecule has 0 saturated heterocycles. The number of methoxy groups -OCH3 is 1. The number of para-hydroxylation sites is 1. The van der Waals surface area contributed by atoms with Crippen LogP contribution in [0.25, 0.3) is 11.8 Å². The molecule has 0 spiro atoms. The molecule has 0 N–H and O–H groups in total. The minimum Gasteiger partial charge on any atom is -0.497 e. The molecule has 8 nitrogen and oxygen atoms in total. The fraction of sp³-hybridized carbons (Fsp3) is 0.303. The number of allylic oxidation sites excluding steroid dienone is 1. The van der Waals surface area contributed by atoms with Crippen LogP contribution in [0.4, 0.5) is 0 Å². The van der Waals surface area contributed by atoms with Crippen molar-refractivity contribution in [3.05, 3.63) is 108 Å². The van der Waals surface area contributed by atoms with Crippen molar-refractivity contribution < 1.29 is 19.0 Å². The van der Waals surface area contributed by atoms with Gasteiger partial charge in [0.15, 0.2) is 4.80 Å². The standard InChI is InChI=1S/C33H35N3O5S/c1-8-40-32(38)29-21(5)34-33-36(30(29)26-11-9-10-12-27(26)41-19(2)3)31(37)28(42-33)18-23-17-20(4)35(22(23)6)24-13-15-25(39-7)16-14-24/h9-19,30H,8H2,1-7H3/b28-18+/t30-/m0/s1. The van der Waals surface area contributed by atoms with Crippen molar-refractivity contribution in [3.63, 3.8) is 0 Å². The van der Waals surface area contributed by atoms with Crippen LogP contribution in [0.1, 0.15) is 56.3 Å². The van der Waals surface area contributed by atoms with Gasteiger partial charge in [-0.2, -0.15) is 0 Å². The van der Waals surface area contributed by atoms with Crippen molar-refractivity contribution in [2.24, 2.45) is 4.99 Å². The van der Waals surface area contributed by atoms with Gasteiger partial charge in [0, 0.05) is 22.6 Å². The number of nitrogens with zero attached hydrogens (tertiary/aromatic N) is 3. The summed E-state index contributed by atoms with van der Waals surface area (Å²) >= 11 is 1.31. The second kappa shape index (κ2) is 11.9. The van der Waals surface area contributed by atoms with E-state index >= 15 is 0 Å². The molecule has 0 fully saturated rings. The first kappa shape index (κ1) is 29.1. The molecule has 1 atom stereocenters. The van der Waals surface area contributed by atoms with Gasteiger partial charge in [0.25, 0.3) is 5.56 Å². The smallest absolute Gasteiger partial charge is 0.338 e. The van der Waals surface area contributed by atoms with Gasteiger partial charge in [0.1, 0.15) is 17.5 Å². The van der Waals surface area contributed by atoms with Gasteiger partial charge in [-0.3, -0.25) is 9.36 Å². The van der Waals surface area contributed by atoms with E-state index in [0.717, 1.165) is 28.4 Å². The lowest BCUT2D eigenvalue weighted by Gasteiger charge is -2.26. The summed E-state index contributed by atoms with van der Waals surface area (Å²) in [5, 5.41) is 0. The van der Waals surface area contributed by atoms with E-state index in [2.05, 4.69) is 10.6 Å². The Morgan fingerprint density at radius 3 is 2.48 bits per heavy atom. The highest BCUT2D eigenvalue weighted by Crippen LogP contribution is 2.36.